The average molecular weight is 252 g/mol. The van der Waals surface area contributed by atoms with E-state index in [1.165, 1.54) is 0 Å². The molecule has 1 heterocycles. The highest BCUT2D eigenvalue weighted by Gasteiger charge is 2.17. The number of alkyl halides is 2. The summed E-state index contributed by atoms with van der Waals surface area (Å²) in [5.41, 5.74) is -0.760. The van der Waals surface area contributed by atoms with Crippen LogP contribution in [0.5, 0.6) is 5.75 Å². The van der Waals surface area contributed by atoms with E-state index in [1.807, 2.05) is 0 Å². The summed E-state index contributed by atoms with van der Waals surface area (Å²) in [6.45, 7) is 0. The van der Waals surface area contributed by atoms with Crippen molar-refractivity contribution < 1.29 is 18.7 Å². The monoisotopic (exact) mass is 251 g/mol. The Morgan fingerprint density at radius 2 is 2.23 bits per heavy atom. The van der Waals surface area contributed by atoms with Crippen LogP contribution in [-0.2, 0) is 0 Å². The smallest absolute Gasteiger partial charge is 0.267 e. The SMILES string of the molecule is O=Cc1cc(C(F)F)c(O)c(Br)n1. The zero-order chi connectivity index (χ0) is 10.0. The third-order valence-corrected chi connectivity index (χ3v) is 1.91. The predicted molar refractivity (Wildman–Crippen MR) is 43.9 cm³/mol. The highest BCUT2D eigenvalue weighted by Crippen LogP contribution is 2.33. The van der Waals surface area contributed by atoms with Crippen LogP contribution < -0.4 is 0 Å². The summed E-state index contributed by atoms with van der Waals surface area (Å²) in [6, 6.07) is 0.845. The maximum atomic E-state index is 12.2. The molecule has 0 saturated heterocycles. The van der Waals surface area contributed by atoms with Crippen LogP contribution in [0.25, 0.3) is 0 Å². The van der Waals surface area contributed by atoms with Gasteiger partial charge in [-0.3, -0.25) is 4.79 Å². The van der Waals surface area contributed by atoms with E-state index in [2.05, 4.69) is 20.9 Å². The Balaban J connectivity index is 3.32. The number of carbonyl (C=O) groups is 1. The summed E-state index contributed by atoms with van der Waals surface area (Å²) in [5, 5.41) is 9.08. The van der Waals surface area contributed by atoms with E-state index in [4.69, 9.17) is 5.11 Å². The zero-order valence-corrected chi connectivity index (χ0v) is 7.75. The van der Waals surface area contributed by atoms with Crippen molar-refractivity contribution in [1.82, 2.24) is 4.98 Å². The van der Waals surface area contributed by atoms with Crippen molar-refractivity contribution in [1.29, 1.82) is 0 Å². The van der Waals surface area contributed by atoms with E-state index in [0.717, 1.165) is 6.07 Å². The van der Waals surface area contributed by atoms with Gasteiger partial charge in [0.05, 0.1) is 5.56 Å². The number of halogens is 3. The fraction of sp³-hybridized carbons (Fsp3) is 0.143. The molecule has 1 aromatic rings. The molecule has 3 nitrogen and oxygen atoms in total. The summed E-state index contributed by atoms with van der Waals surface area (Å²) in [6.07, 6.45) is -2.51. The zero-order valence-electron chi connectivity index (χ0n) is 6.17. The first-order valence-electron chi connectivity index (χ1n) is 3.19. The van der Waals surface area contributed by atoms with Crippen molar-refractivity contribution in [3.05, 3.63) is 21.9 Å². The first kappa shape index (κ1) is 10.0. The molecule has 0 aliphatic heterocycles. The molecule has 1 N–H and O–H groups in total. The van der Waals surface area contributed by atoms with E-state index < -0.39 is 17.7 Å². The average Bonchev–Trinajstić information content (AvgIpc) is 2.09. The molecule has 1 aromatic heterocycles. The lowest BCUT2D eigenvalue weighted by atomic mass is 10.2. The molecule has 0 fully saturated rings. The lowest BCUT2D eigenvalue weighted by Crippen LogP contribution is -1.94. The Kier molecular flexibility index (Phi) is 2.92. The molecule has 0 aromatic carbocycles. The molecule has 13 heavy (non-hydrogen) atoms. The number of pyridine rings is 1. The van der Waals surface area contributed by atoms with Gasteiger partial charge in [0.2, 0.25) is 0 Å². The summed E-state index contributed by atoms with van der Waals surface area (Å²) >= 11 is 2.75. The second kappa shape index (κ2) is 3.78. The van der Waals surface area contributed by atoms with Crippen LogP contribution in [0.2, 0.25) is 0 Å². The largest absolute Gasteiger partial charge is 0.505 e. The third kappa shape index (κ3) is 2.00. The molecule has 0 radical (unpaired) electrons. The van der Waals surface area contributed by atoms with Crippen LogP contribution >= 0.6 is 15.9 Å². The molecule has 0 aliphatic carbocycles. The van der Waals surface area contributed by atoms with Crippen molar-refractivity contribution >= 4 is 22.2 Å². The fourth-order valence-electron chi connectivity index (χ4n) is 0.772. The molecule has 0 spiro atoms. The fourth-order valence-corrected chi connectivity index (χ4v) is 1.21. The van der Waals surface area contributed by atoms with Crippen LogP contribution in [0, 0.1) is 0 Å². The first-order valence-corrected chi connectivity index (χ1v) is 3.98. The molecular formula is C7H4BrF2NO2. The van der Waals surface area contributed by atoms with Gasteiger partial charge in [-0.05, 0) is 22.0 Å². The topological polar surface area (TPSA) is 50.2 Å². The van der Waals surface area contributed by atoms with Gasteiger partial charge >= 0.3 is 0 Å². The molecule has 70 valence electrons. The number of aldehydes is 1. The van der Waals surface area contributed by atoms with Crippen molar-refractivity contribution in [2.75, 3.05) is 0 Å². The van der Waals surface area contributed by atoms with Gasteiger partial charge in [0.1, 0.15) is 10.3 Å². The number of rotatable bonds is 2. The van der Waals surface area contributed by atoms with Crippen molar-refractivity contribution in [2.45, 2.75) is 6.43 Å². The van der Waals surface area contributed by atoms with Gasteiger partial charge in [-0.15, -0.1) is 0 Å². The first-order chi connectivity index (χ1) is 6.06. The molecular weight excluding hydrogens is 248 g/mol. The predicted octanol–water partition coefficient (Wildman–Crippen LogP) is 2.30. The summed E-state index contributed by atoms with van der Waals surface area (Å²) in [5.74, 6) is -0.638. The van der Waals surface area contributed by atoms with Crippen LogP contribution in [0.4, 0.5) is 8.78 Å². The van der Waals surface area contributed by atoms with Gasteiger partial charge in [0, 0.05) is 0 Å². The number of hydrogen-bond donors (Lipinski definition) is 1. The molecule has 1 rings (SSSR count). The maximum Gasteiger partial charge on any atom is 0.267 e. The molecule has 0 unspecified atom stereocenters. The second-order valence-electron chi connectivity index (χ2n) is 2.19. The Morgan fingerprint density at radius 3 is 2.69 bits per heavy atom. The van der Waals surface area contributed by atoms with E-state index in [0.29, 0.717) is 6.29 Å². The second-order valence-corrected chi connectivity index (χ2v) is 2.95. The van der Waals surface area contributed by atoms with E-state index in [-0.39, 0.29) is 10.3 Å². The molecule has 6 heteroatoms. The molecule has 0 bridgehead atoms. The quantitative estimate of drug-likeness (QED) is 0.648. The van der Waals surface area contributed by atoms with Crippen LogP contribution in [0.15, 0.2) is 10.7 Å². The Hall–Kier alpha value is -1.04. The van der Waals surface area contributed by atoms with Gasteiger partial charge in [-0.25, -0.2) is 13.8 Å². The minimum absolute atomic E-state index is 0.153. The van der Waals surface area contributed by atoms with E-state index in [9.17, 15) is 13.6 Å². The molecule has 0 amide bonds. The van der Waals surface area contributed by atoms with E-state index >= 15 is 0 Å². The molecule has 0 atom stereocenters. The van der Waals surface area contributed by atoms with Crippen LogP contribution in [0.3, 0.4) is 0 Å². The summed E-state index contributed by atoms with van der Waals surface area (Å²) < 4.78 is 24.2. The van der Waals surface area contributed by atoms with Crippen molar-refractivity contribution in [3.8, 4) is 5.75 Å². The van der Waals surface area contributed by atoms with Crippen molar-refractivity contribution in [3.63, 3.8) is 0 Å². The number of hydrogen-bond acceptors (Lipinski definition) is 3. The minimum atomic E-state index is -2.84. The highest BCUT2D eigenvalue weighted by atomic mass is 79.9. The highest BCUT2D eigenvalue weighted by molar-refractivity contribution is 9.10. The summed E-state index contributed by atoms with van der Waals surface area (Å²) in [7, 11) is 0. The lowest BCUT2D eigenvalue weighted by Gasteiger charge is -2.04. The Morgan fingerprint density at radius 1 is 1.62 bits per heavy atom. The molecule has 0 saturated carbocycles. The van der Waals surface area contributed by atoms with Crippen molar-refractivity contribution in [2.24, 2.45) is 0 Å². The number of carbonyl (C=O) groups excluding carboxylic acids is 1. The number of aromatic hydroxyl groups is 1. The van der Waals surface area contributed by atoms with Gasteiger partial charge in [0.15, 0.2) is 12.0 Å². The van der Waals surface area contributed by atoms with Gasteiger partial charge < -0.3 is 5.11 Å². The van der Waals surface area contributed by atoms with Gasteiger partial charge in [-0.1, -0.05) is 0 Å². The third-order valence-electron chi connectivity index (χ3n) is 1.36. The number of aromatic nitrogens is 1. The maximum absolute atomic E-state index is 12.2. The minimum Gasteiger partial charge on any atom is -0.505 e. The standard InChI is InChI=1S/C7H4BrF2NO2/c8-6-5(13)4(7(9)10)1-3(2-12)11-6/h1-2,7,13H. The van der Waals surface area contributed by atoms with Gasteiger partial charge in [0.25, 0.3) is 6.43 Å². The molecule has 0 aliphatic rings. The van der Waals surface area contributed by atoms with Crippen LogP contribution in [-0.4, -0.2) is 16.4 Å². The normalized spacial score (nSPS) is 10.5. The Bertz CT molecular complexity index is 344. The van der Waals surface area contributed by atoms with E-state index in [1.54, 1.807) is 0 Å². The lowest BCUT2D eigenvalue weighted by molar-refractivity contribution is 0.111. The van der Waals surface area contributed by atoms with Gasteiger partial charge in [-0.2, -0.15) is 0 Å². The Labute approximate surface area is 80.5 Å². The van der Waals surface area contributed by atoms with Crippen LogP contribution in [0.1, 0.15) is 22.5 Å². The number of nitrogens with zero attached hydrogens (tertiary/aromatic N) is 1. The summed E-state index contributed by atoms with van der Waals surface area (Å²) in [4.78, 5) is 13.7.